The van der Waals surface area contributed by atoms with Crippen LogP contribution < -0.4 is 4.90 Å². The van der Waals surface area contributed by atoms with E-state index in [4.69, 9.17) is 0 Å². The maximum atomic E-state index is 9.81. The average molecular weight is 300 g/mol. The fourth-order valence-electron chi connectivity index (χ4n) is 2.25. The van der Waals surface area contributed by atoms with E-state index in [1.165, 1.54) is 0 Å². The summed E-state index contributed by atoms with van der Waals surface area (Å²) in [4.78, 5) is 2.24. The zero-order valence-electron chi connectivity index (χ0n) is 9.93. The van der Waals surface area contributed by atoms with E-state index in [9.17, 15) is 10.2 Å². The molecule has 0 aliphatic carbocycles. The van der Waals surface area contributed by atoms with Crippen molar-refractivity contribution >= 4 is 21.6 Å². The third-order valence-corrected chi connectivity index (χ3v) is 3.74. The maximum absolute atomic E-state index is 9.81. The van der Waals surface area contributed by atoms with Crippen LogP contribution in [-0.4, -0.2) is 29.4 Å². The van der Waals surface area contributed by atoms with E-state index in [0.717, 1.165) is 41.7 Å². The summed E-state index contributed by atoms with van der Waals surface area (Å²) in [6.45, 7) is 3.48. The number of aliphatic hydroxyl groups excluding tert-OH is 2. The van der Waals surface area contributed by atoms with Gasteiger partial charge in [-0.1, -0.05) is 15.9 Å². The second-order valence-corrected chi connectivity index (χ2v) is 5.51. The summed E-state index contributed by atoms with van der Waals surface area (Å²) in [7, 11) is 0. The highest BCUT2D eigenvalue weighted by atomic mass is 79.9. The zero-order chi connectivity index (χ0) is 12.4. The van der Waals surface area contributed by atoms with Crippen molar-refractivity contribution in [2.75, 3.05) is 18.0 Å². The average Bonchev–Trinajstić information content (AvgIpc) is 2.30. The van der Waals surface area contributed by atoms with Crippen LogP contribution in [-0.2, 0) is 0 Å². The summed E-state index contributed by atoms with van der Waals surface area (Å²) >= 11 is 3.43. The van der Waals surface area contributed by atoms with Crippen LogP contribution >= 0.6 is 15.9 Å². The Balaban J connectivity index is 2.25. The molecular formula is C13H18BrNO2. The van der Waals surface area contributed by atoms with Crippen molar-refractivity contribution in [3.05, 3.63) is 28.2 Å². The van der Waals surface area contributed by atoms with Gasteiger partial charge in [0.15, 0.2) is 0 Å². The topological polar surface area (TPSA) is 43.7 Å². The summed E-state index contributed by atoms with van der Waals surface area (Å²) in [5, 5.41) is 19.3. The molecule has 2 N–H and O–H groups in total. The van der Waals surface area contributed by atoms with Crippen molar-refractivity contribution in [1.29, 1.82) is 0 Å². The van der Waals surface area contributed by atoms with Crippen molar-refractivity contribution in [2.24, 2.45) is 0 Å². The molecule has 3 nitrogen and oxygen atoms in total. The number of anilines is 1. The normalized spacial score (nSPS) is 19.4. The van der Waals surface area contributed by atoms with Gasteiger partial charge in [0.1, 0.15) is 0 Å². The van der Waals surface area contributed by atoms with E-state index in [1.54, 1.807) is 6.92 Å². The highest BCUT2D eigenvalue weighted by Gasteiger charge is 2.20. The van der Waals surface area contributed by atoms with Gasteiger partial charge in [-0.05, 0) is 38.0 Å². The van der Waals surface area contributed by atoms with E-state index in [-0.39, 0.29) is 6.10 Å². The fourth-order valence-corrected chi connectivity index (χ4v) is 2.63. The molecule has 1 fully saturated rings. The first kappa shape index (κ1) is 12.9. The van der Waals surface area contributed by atoms with Gasteiger partial charge in [-0.25, -0.2) is 0 Å². The second-order valence-electron chi connectivity index (χ2n) is 4.60. The van der Waals surface area contributed by atoms with Crippen LogP contribution in [0.3, 0.4) is 0 Å². The minimum atomic E-state index is -0.477. The molecule has 1 unspecified atom stereocenters. The highest BCUT2D eigenvalue weighted by Crippen LogP contribution is 2.31. The van der Waals surface area contributed by atoms with Crippen LogP contribution in [0.1, 0.15) is 31.4 Å². The molecule has 0 amide bonds. The number of rotatable bonds is 2. The number of halogens is 1. The summed E-state index contributed by atoms with van der Waals surface area (Å²) in [6, 6.07) is 5.99. The van der Waals surface area contributed by atoms with Crippen molar-refractivity contribution in [3.63, 3.8) is 0 Å². The van der Waals surface area contributed by atoms with Crippen molar-refractivity contribution in [1.82, 2.24) is 0 Å². The Morgan fingerprint density at radius 1 is 1.35 bits per heavy atom. The van der Waals surface area contributed by atoms with E-state index in [0.29, 0.717) is 0 Å². The number of hydrogen-bond donors (Lipinski definition) is 2. The molecule has 0 aromatic heterocycles. The zero-order valence-corrected chi connectivity index (χ0v) is 11.5. The van der Waals surface area contributed by atoms with Gasteiger partial charge in [-0.15, -0.1) is 0 Å². The lowest BCUT2D eigenvalue weighted by atomic mass is 10.0. The fraction of sp³-hybridized carbons (Fsp3) is 0.538. The van der Waals surface area contributed by atoms with Gasteiger partial charge in [-0.2, -0.15) is 0 Å². The van der Waals surface area contributed by atoms with Crippen LogP contribution in [0.25, 0.3) is 0 Å². The molecule has 1 saturated heterocycles. The number of benzene rings is 1. The van der Waals surface area contributed by atoms with Gasteiger partial charge >= 0.3 is 0 Å². The Kier molecular flexibility index (Phi) is 4.07. The summed E-state index contributed by atoms with van der Waals surface area (Å²) in [6.07, 6.45) is 0.955. The summed E-state index contributed by atoms with van der Waals surface area (Å²) in [5.41, 5.74) is 2.02. The smallest absolute Gasteiger partial charge is 0.0782 e. The van der Waals surface area contributed by atoms with Crippen LogP contribution in [0.2, 0.25) is 0 Å². The van der Waals surface area contributed by atoms with E-state index in [2.05, 4.69) is 20.8 Å². The summed E-state index contributed by atoms with van der Waals surface area (Å²) < 4.78 is 0.981. The first-order chi connectivity index (χ1) is 8.08. The lowest BCUT2D eigenvalue weighted by Gasteiger charge is -2.33. The van der Waals surface area contributed by atoms with Crippen molar-refractivity contribution in [3.8, 4) is 0 Å². The van der Waals surface area contributed by atoms with Gasteiger partial charge in [0.25, 0.3) is 0 Å². The predicted molar refractivity (Wildman–Crippen MR) is 72.2 cm³/mol. The monoisotopic (exact) mass is 299 g/mol. The van der Waals surface area contributed by atoms with Gasteiger partial charge in [0, 0.05) is 28.8 Å². The lowest BCUT2D eigenvalue weighted by Crippen LogP contribution is -2.36. The lowest BCUT2D eigenvalue weighted by molar-refractivity contribution is 0.145. The van der Waals surface area contributed by atoms with Crippen molar-refractivity contribution in [2.45, 2.75) is 32.0 Å². The molecule has 0 spiro atoms. The molecular weight excluding hydrogens is 282 g/mol. The molecule has 4 heteroatoms. The molecule has 0 saturated carbocycles. The molecule has 17 heavy (non-hydrogen) atoms. The molecule has 1 aliphatic heterocycles. The van der Waals surface area contributed by atoms with E-state index in [1.807, 2.05) is 18.2 Å². The van der Waals surface area contributed by atoms with Crippen LogP contribution in [0.5, 0.6) is 0 Å². The number of piperidine rings is 1. The molecule has 1 aromatic carbocycles. The SMILES string of the molecule is CC(O)c1cc(Br)ccc1N1CCC(O)CC1. The minimum Gasteiger partial charge on any atom is -0.393 e. The molecule has 94 valence electrons. The molecule has 1 aromatic rings. The van der Waals surface area contributed by atoms with Gasteiger partial charge in [-0.3, -0.25) is 0 Å². The number of nitrogens with zero attached hydrogens (tertiary/aromatic N) is 1. The predicted octanol–water partition coefficient (Wildman–Crippen LogP) is 2.46. The molecule has 0 bridgehead atoms. The Hall–Kier alpha value is -0.580. The Morgan fingerprint density at radius 3 is 2.59 bits per heavy atom. The van der Waals surface area contributed by atoms with Gasteiger partial charge in [0.05, 0.1) is 12.2 Å². The number of hydrogen-bond acceptors (Lipinski definition) is 3. The van der Waals surface area contributed by atoms with Gasteiger partial charge < -0.3 is 15.1 Å². The van der Waals surface area contributed by atoms with Crippen LogP contribution in [0.15, 0.2) is 22.7 Å². The highest BCUT2D eigenvalue weighted by molar-refractivity contribution is 9.10. The Morgan fingerprint density at radius 2 is 2.00 bits per heavy atom. The first-order valence-electron chi connectivity index (χ1n) is 5.98. The van der Waals surface area contributed by atoms with Crippen LogP contribution in [0, 0.1) is 0 Å². The standard InChI is InChI=1S/C13H18BrNO2/c1-9(16)12-8-10(14)2-3-13(12)15-6-4-11(17)5-7-15/h2-3,8-9,11,16-17H,4-7H2,1H3. The minimum absolute atomic E-state index is 0.170. The van der Waals surface area contributed by atoms with Crippen molar-refractivity contribution < 1.29 is 10.2 Å². The Bertz CT molecular complexity index is 387. The Labute approximate surface area is 110 Å². The maximum Gasteiger partial charge on any atom is 0.0782 e. The first-order valence-corrected chi connectivity index (χ1v) is 6.77. The van der Waals surface area contributed by atoms with Gasteiger partial charge in [0.2, 0.25) is 0 Å². The second kappa shape index (κ2) is 5.38. The third kappa shape index (κ3) is 3.00. The molecule has 1 aliphatic rings. The van der Waals surface area contributed by atoms with E-state index >= 15 is 0 Å². The molecule has 1 heterocycles. The molecule has 0 radical (unpaired) electrons. The number of aliphatic hydroxyl groups is 2. The summed E-state index contributed by atoms with van der Waals surface area (Å²) in [5.74, 6) is 0. The van der Waals surface area contributed by atoms with Crippen LogP contribution in [0.4, 0.5) is 5.69 Å². The largest absolute Gasteiger partial charge is 0.393 e. The quantitative estimate of drug-likeness (QED) is 0.882. The third-order valence-electron chi connectivity index (χ3n) is 3.24. The molecule has 1 atom stereocenters. The van der Waals surface area contributed by atoms with E-state index < -0.39 is 6.10 Å². The molecule has 2 rings (SSSR count).